The number of aliphatic carboxylic acids is 1. The average molecular weight is 288 g/mol. The first-order chi connectivity index (χ1) is 9.31. The molecule has 0 bridgehead atoms. The summed E-state index contributed by atoms with van der Waals surface area (Å²) in [5.74, 6) is -5.54. The number of primary amides is 1. The number of amides is 2. The molecule has 0 atom stereocenters. The summed E-state index contributed by atoms with van der Waals surface area (Å²) in [6.07, 6.45) is 0. The maximum atomic E-state index is 13.4. The van der Waals surface area contributed by atoms with E-state index >= 15 is 0 Å². The van der Waals surface area contributed by atoms with Crippen LogP contribution in [0.25, 0.3) is 0 Å². The van der Waals surface area contributed by atoms with Crippen molar-refractivity contribution >= 4 is 23.5 Å². The first kappa shape index (κ1) is 15.5. The second-order valence-electron chi connectivity index (χ2n) is 3.61. The van der Waals surface area contributed by atoms with Crippen molar-refractivity contribution in [3.05, 3.63) is 29.3 Å². The van der Waals surface area contributed by atoms with Gasteiger partial charge in [-0.05, 0) is 6.07 Å². The number of anilines is 1. The number of carboxylic acid groups (broad SMARTS) is 1. The van der Waals surface area contributed by atoms with E-state index in [4.69, 9.17) is 10.8 Å². The zero-order valence-corrected chi connectivity index (χ0v) is 9.98. The molecule has 0 unspecified atom stereocenters. The Morgan fingerprint density at radius 2 is 1.85 bits per heavy atom. The third-order valence-corrected chi connectivity index (χ3v) is 2.05. The summed E-state index contributed by atoms with van der Waals surface area (Å²) in [6, 6.07) is 1.13. The topological polar surface area (TPSA) is 119 Å². The number of ether oxygens (including phenoxy) is 1. The Morgan fingerprint density at radius 1 is 1.20 bits per heavy atom. The molecule has 9 heteroatoms. The van der Waals surface area contributed by atoms with E-state index in [0.717, 1.165) is 6.07 Å². The van der Waals surface area contributed by atoms with Crippen molar-refractivity contribution in [3.8, 4) is 0 Å². The summed E-state index contributed by atoms with van der Waals surface area (Å²) in [5, 5.41) is 10.3. The first-order valence-electron chi connectivity index (χ1n) is 5.19. The molecule has 0 saturated heterocycles. The van der Waals surface area contributed by atoms with Crippen molar-refractivity contribution in [1.82, 2.24) is 0 Å². The number of halogens is 2. The van der Waals surface area contributed by atoms with Gasteiger partial charge in [0.25, 0.3) is 5.91 Å². The van der Waals surface area contributed by atoms with Gasteiger partial charge in [0, 0.05) is 6.07 Å². The molecule has 0 spiro atoms. The Labute approximate surface area is 111 Å². The molecule has 0 fully saturated rings. The van der Waals surface area contributed by atoms with Crippen LogP contribution in [0.1, 0.15) is 10.4 Å². The molecular weight excluding hydrogens is 278 g/mol. The quantitative estimate of drug-likeness (QED) is 0.686. The maximum Gasteiger partial charge on any atom is 0.329 e. The largest absolute Gasteiger partial charge is 0.480 e. The number of benzene rings is 1. The molecule has 2 amide bonds. The van der Waals surface area contributed by atoms with Gasteiger partial charge in [-0.3, -0.25) is 9.59 Å². The number of hydrogen-bond acceptors (Lipinski definition) is 4. The van der Waals surface area contributed by atoms with Gasteiger partial charge in [0.15, 0.2) is 0 Å². The number of carbonyl (C=O) groups is 3. The SMILES string of the molecule is NC(=O)c1cc(NC(=O)COCC(=O)O)c(F)cc1F. The van der Waals surface area contributed by atoms with E-state index in [9.17, 15) is 23.2 Å². The Morgan fingerprint density at radius 3 is 2.40 bits per heavy atom. The highest BCUT2D eigenvalue weighted by Crippen LogP contribution is 2.19. The van der Waals surface area contributed by atoms with Gasteiger partial charge in [-0.15, -0.1) is 0 Å². The van der Waals surface area contributed by atoms with E-state index < -0.39 is 53.9 Å². The van der Waals surface area contributed by atoms with Gasteiger partial charge in [-0.1, -0.05) is 0 Å². The van der Waals surface area contributed by atoms with Crippen LogP contribution >= 0.6 is 0 Å². The fourth-order valence-corrected chi connectivity index (χ4v) is 1.25. The lowest BCUT2D eigenvalue weighted by atomic mass is 10.1. The van der Waals surface area contributed by atoms with Crippen molar-refractivity contribution in [3.63, 3.8) is 0 Å². The molecule has 0 aromatic heterocycles. The minimum atomic E-state index is -1.28. The predicted octanol–water partition coefficient (Wildman–Crippen LogP) is 0.103. The van der Waals surface area contributed by atoms with E-state index in [1.54, 1.807) is 0 Å². The number of nitrogens with two attached hydrogens (primary N) is 1. The molecule has 1 rings (SSSR count). The molecule has 1 aromatic rings. The first-order valence-corrected chi connectivity index (χ1v) is 5.19. The summed E-state index contributed by atoms with van der Waals surface area (Å²) in [7, 11) is 0. The summed E-state index contributed by atoms with van der Waals surface area (Å²) >= 11 is 0. The van der Waals surface area contributed by atoms with E-state index in [1.165, 1.54) is 0 Å². The summed E-state index contributed by atoms with van der Waals surface area (Å²) in [6.45, 7) is -1.35. The molecule has 0 radical (unpaired) electrons. The summed E-state index contributed by atoms with van der Waals surface area (Å²) in [5.41, 5.74) is 3.82. The average Bonchev–Trinajstić information content (AvgIpc) is 2.31. The molecular formula is C11H10F2N2O5. The van der Waals surface area contributed by atoms with Crippen molar-refractivity contribution in [2.24, 2.45) is 5.73 Å². The molecule has 108 valence electrons. The predicted molar refractivity (Wildman–Crippen MR) is 62.0 cm³/mol. The lowest BCUT2D eigenvalue weighted by molar-refractivity contribution is -0.143. The van der Waals surface area contributed by atoms with Crippen LogP contribution in [0.5, 0.6) is 0 Å². The van der Waals surface area contributed by atoms with Gasteiger partial charge in [-0.25, -0.2) is 13.6 Å². The minimum Gasteiger partial charge on any atom is -0.480 e. The van der Waals surface area contributed by atoms with Crippen LogP contribution in [-0.2, 0) is 14.3 Å². The lowest BCUT2D eigenvalue weighted by Gasteiger charge is -2.08. The van der Waals surface area contributed by atoms with Crippen molar-refractivity contribution in [1.29, 1.82) is 0 Å². The molecule has 0 aliphatic heterocycles. The zero-order valence-electron chi connectivity index (χ0n) is 9.98. The normalized spacial score (nSPS) is 10.1. The summed E-state index contributed by atoms with van der Waals surface area (Å²) < 4.78 is 31.0. The Bertz CT molecular complexity index is 562. The highest BCUT2D eigenvalue weighted by atomic mass is 19.1. The van der Waals surface area contributed by atoms with Crippen LogP contribution in [0.3, 0.4) is 0 Å². The minimum absolute atomic E-state index is 0.397. The van der Waals surface area contributed by atoms with E-state index in [0.29, 0.717) is 6.07 Å². The molecule has 4 N–H and O–H groups in total. The van der Waals surface area contributed by atoms with Crippen molar-refractivity contribution < 1.29 is 33.0 Å². The van der Waals surface area contributed by atoms with E-state index in [2.05, 4.69) is 4.74 Å². The van der Waals surface area contributed by atoms with Crippen LogP contribution in [0.2, 0.25) is 0 Å². The van der Waals surface area contributed by atoms with Gasteiger partial charge < -0.3 is 20.9 Å². The molecule has 20 heavy (non-hydrogen) atoms. The molecule has 0 heterocycles. The van der Waals surface area contributed by atoms with Crippen LogP contribution in [0, 0.1) is 11.6 Å². The third kappa shape index (κ3) is 4.28. The summed E-state index contributed by atoms with van der Waals surface area (Å²) in [4.78, 5) is 32.3. The van der Waals surface area contributed by atoms with Gasteiger partial charge in [0.1, 0.15) is 24.8 Å². The molecule has 0 aliphatic rings. The van der Waals surface area contributed by atoms with Crippen LogP contribution in [0.15, 0.2) is 12.1 Å². The van der Waals surface area contributed by atoms with Crippen molar-refractivity contribution in [2.75, 3.05) is 18.5 Å². The second-order valence-corrected chi connectivity index (χ2v) is 3.61. The molecule has 0 aliphatic carbocycles. The van der Waals surface area contributed by atoms with Crippen LogP contribution < -0.4 is 11.1 Å². The van der Waals surface area contributed by atoms with E-state index in [-0.39, 0.29) is 0 Å². The van der Waals surface area contributed by atoms with Gasteiger partial charge in [0.05, 0.1) is 11.3 Å². The molecule has 1 aromatic carbocycles. The smallest absolute Gasteiger partial charge is 0.329 e. The van der Waals surface area contributed by atoms with Gasteiger partial charge in [-0.2, -0.15) is 0 Å². The van der Waals surface area contributed by atoms with Crippen LogP contribution in [-0.4, -0.2) is 36.1 Å². The molecule has 0 saturated carbocycles. The van der Waals surface area contributed by atoms with Gasteiger partial charge >= 0.3 is 5.97 Å². The number of nitrogens with one attached hydrogen (secondary N) is 1. The number of rotatable bonds is 6. The van der Waals surface area contributed by atoms with Crippen molar-refractivity contribution in [2.45, 2.75) is 0 Å². The van der Waals surface area contributed by atoms with Crippen LogP contribution in [0.4, 0.5) is 14.5 Å². The highest BCUT2D eigenvalue weighted by molar-refractivity contribution is 5.97. The zero-order chi connectivity index (χ0) is 15.3. The number of carboxylic acids is 1. The number of hydrogen-bond donors (Lipinski definition) is 3. The van der Waals surface area contributed by atoms with Gasteiger partial charge in [0.2, 0.25) is 5.91 Å². The lowest BCUT2D eigenvalue weighted by Crippen LogP contribution is -2.22. The Balaban J connectivity index is 2.76. The van der Waals surface area contributed by atoms with E-state index in [1.807, 2.05) is 5.32 Å². The maximum absolute atomic E-state index is 13.4. The Kier molecular flexibility index (Phi) is 5.09. The molecule has 7 nitrogen and oxygen atoms in total. The monoisotopic (exact) mass is 288 g/mol. The highest BCUT2D eigenvalue weighted by Gasteiger charge is 2.15. The fourth-order valence-electron chi connectivity index (χ4n) is 1.25. The third-order valence-electron chi connectivity index (χ3n) is 2.05. The standard InChI is InChI=1S/C11H10F2N2O5/c12-6-2-7(13)8(1-5(6)11(14)19)15-9(16)3-20-4-10(17)18/h1-2H,3-4H2,(H2,14,19)(H,15,16)(H,17,18). The Hall–Kier alpha value is -2.55. The number of carbonyl (C=O) groups excluding carboxylic acids is 2. The fraction of sp³-hybridized carbons (Fsp3) is 0.182. The second kappa shape index (κ2) is 6.57.